The smallest absolute Gasteiger partial charge is 0.261 e. The summed E-state index contributed by atoms with van der Waals surface area (Å²) in [6.07, 6.45) is 2.99. The summed E-state index contributed by atoms with van der Waals surface area (Å²) in [7, 11) is 0. The largest absolute Gasteiger partial charge is 0.388 e. The molecule has 12 nitrogen and oxygen atoms in total. The first-order chi connectivity index (χ1) is 21.7. The van der Waals surface area contributed by atoms with Crippen molar-refractivity contribution in [1.82, 2.24) is 24.3 Å². The molecule has 0 bridgehead atoms. The maximum atomic E-state index is 13.3. The van der Waals surface area contributed by atoms with Crippen LogP contribution in [0.15, 0.2) is 64.8 Å². The summed E-state index contributed by atoms with van der Waals surface area (Å²) >= 11 is 0. The molecule has 3 aromatic rings. The van der Waals surface area contributed by atoms with E-state index in [4.69, 9.17) is 5.53 Å². The number of fused-ring (bicyclic) bond motifs is 1. The van der Waals surface area contributed by atoms with Gasteiger partial charge >= 0.3 is 0 Å². The number of likely N-dealkylation sites (tertiary alicyclic amines) is 1. The molecule has 3 N–H and O–H groups in total. The second kappa shape index (κ2) is 14.9. The fourth-order valence-electron chi connectivity index (χ4n) is 6.20. The van der Waals surface area contributed by atoms with E-state index < -0.39 is 5.60 Å². The van der Waals surface area contributed by atoms with Gasteiger partial charge in [0.25, 0.3) is 5.56 Å². The van der Waals surface area contributed by atoms with Crippen molar-refractivity contribution >= 4 is 28.4 Å². The minimum Gasteiger partial charge on any atom is -0.388 e. The highest BCUT2D eigenvalue weighted by Gasteiger charge is 2.35. The van der Waals surface area contributed by atoms with Crippen LogP contribution in [0.2, 0.25) is 0 Å². The third-order valence-corrected chi connectivity index (χ3v) is 9.12. The number of piperidine rings is 1. The lowest BCUT2D eigenvalue weighted by atomic mass is 9.90. The molecule has 2 amide bonds. The maximum absolute atomic E-state index is 13.3. The van der Waals surface area contributed by atoms with Gasteiger partial charge in [-0.15, -0.1) is 0 Å². The fourth-order valence-corrected chi connectivity index (χ4v) is 6.20. The first-order valence-electron chi connectivity index (χ1n) is 15.8. The molecule has 1 atom stereocenters. The van der Waals surface area contributed by atoms with Crippen molar-refractivity contribution < 1.29 is 14.7 Å². The van der Waals surface area contributed by atoms with Gasteiger partial charge < -0.3 is 20.2 Å². The Morgan fingerprint density at radius 3 is 2.40 bits per heavy atom. The summed E-state index contributed by atoms with van der Waals surface area (Å²) in [6, 6.07) is 15.1. The molecular formula is C33H44N8O4. The fraction of sp³-hybridized carbons (Fsp3) is 0.515. The van der Waals surface area contributed by atoms with Gasteiger partial charge in [0, 0.05) is 70.9 Å². The number of carbonyl (C=O) groups is 2. The van der Waals surface area contributed by atoms with Crippen LogP contribution in [0, 0.1) is 5.53 Å². The van der Waals surface area contributed by atoms with Crippen LogP contribution in [-0.4, -0.2) is 106 Å². The summed E-state index contributed by atoms with van der Waals surface area (Å²) in [5.74, 6) is 0.0946. The Morgan fingerprint density at radius 2 is 1.71 bits per heavy atom. The molecule has 0 radical (unpaired) electrons. The quantitative estimate of drug-likeness (QED) is 0.265. The predicted molar refractivity (Wildman–Crippen MR) is 172 cm³/mol. The highest BCUT2D eigenvalue weighted by atomic mass is 16.3. The predicted octanol–water partition coefficient (Wildman–Crippen LogP) is 2.92. The minimum atomic E-state index is -1.11. The molecule has 0 spiro atoms. The second-order valence-corrected chi connectivity index (χ2v) is 12.4. The number of aromatic nitrogens is 2. The van der Waals surface area contributed by atoms with Gasteiger partial charge in [-0.2, -0.15) is 5.11 Å². The Bertz CT molecular complexity index is 1530. The average molecular weight is 617 g/mol. The van der Waals surface area contributed by atoms with Crippen molar-refractivity contribution in [3.63, 3.8) is 0 Å². The molecule has 45 heavy (non-hydrogen) atoms. The topological polar surface area (TPSA) is 147 Å². The van der Waals surface area contributed by atoms with Gasteiger partial charge in [-0.05, 0) is 42.5 Å². The number of nitrogens with one attached hydrogen (secondary N) is 2. The molecular weight excluding hydrogens is 572 g/mol. The zero-order valence-electron chi connectivity index (χ0n) is 26.0. The van der Waals surface area contributed by atoms with E-state index in [0.29, 0.717) is 68.5 Å². The standard InChI is InChI=1S/C33H44N8O4/c1-25(26-5-3-2-4-6-26)21-31(43)40-14-10-33(45,11-15-40)23-41-24-35-29-22-27(7-8-28(29)32(41)44)37-30(42)9-13-38-17-19-39(20-18-38)16-12-36-34/h2-8,22,24-25,34,45H,9-21,23H2,1H3,(H,37,42)/t25-/m1/s1. The molecule has 2 fully saturated rings. The number of anilines is 1. The number of rotatable bonds is 12. The van der Waals surface area contributed by atoms with Gasteiger partial charge in [0.05, 0.1) is 35.9 Å². The van der Waals surface area contributed by atoms with Crippen molar-refractivity contribution in [2.24, 2.45) is 5.11 Å². The lowest BCUT2D eigenvalue weighted by molar-refractivity contribution is -0.136. The van der Waals surface area contributed by atoms with E-state index in [1.165, 1.54) is 10.9 Å². The molecule has 0 saturated carbocycles. The number of hydrogen-bond donors (Lipinski definition) is 3. The number of aliphatic hydroxyl groups is 1. The van der Waals surface area contributed by atoms with Crippen LogP contribution in [0.5, 0.6) is 0 Å². The van der Waals surface area contributed by atoms with E-state index in [0.717, 1.165) is 38.3 Å². The molecule has 2 aliphatic heterocycles. The first kappa shape index (κ1) is 32.4. The summed E-state index contributed by atoms with van der Waals surface area (Å²) in [5, 5.41) is 18.1. The molecule has 240 valence electrons. The minimum absolute atomic E-state index is 0.0767. The first-order valence-corrected chi connectivity index (χ1v) is 15.8. The van der Waals surface area contributed by atoms with E-state index in [-0.39, 0.29) is 29.8 Å². The van der Waals surface area contributed by atoms with E-state index in [1.54, 1.807) is 18.2 Å². The Hall–Kier alpha value is -4.00. The Balaban J connectivity index is 1.11. The molecule has 2 saturated heterocycles. The van der Waals surface area contributed by atoms with Crippen LogP contribution < -0.4 is 10.9 Å². The van der Waals surface area contributed by atoms with Crippen LogP contribution in [-0.2, 0) is 16.1 Å². The Morgan fingerprint density at radius 1 is 1.02 bits per heavy atom. The van der Waals surface area contributed by atoms with Crippen LogP contribution in [0.25, 0.3) is 10.9 Å². The van der Waals surface area contributed by atoms with Gasteiger partial charge in [-0.1, -0.05) is 37.3 Å². The van der Waals surface area contributed by atoms with E-state index in [2.05, 4.69) is 32.1 Å². The number of piperazine rings is 1. The molecule has 2 aromatic carbocycles. The summed E-state index contributed by atoms with van der Waals surface area (Å²) in [6.45, 7) is 8.62. The number of amides is 2. The highest BCUT2D eigenvalue weighted by molar-refractivity contribution is 5.93. The third kappa shape index (κ3) is 8.59. The summed E-state index contributed by atoms with van der Waals surface area (Å²) in [5.41, 5.74) is 7.76. The van der Waals surface area contributed by atoms with Crippen molar-refractivity contribution in [3.05, 3.63) is 70.8 Å². The van der Waals surface area contributed by atoms with Gasteiger partial charge in [-0.3, -0.25) is 23.9 Å². The second-order valence-electron chi connectivity index (χ2n) is 12.4. The SMILES string of the molecule is C[C@H](CC(=O)N1CCC(O)(Cn2cnc3cc(NC(=O)CCN4CCN(CCN=N)CC4)ccc3c2=O)CC1)c1ccccc1. The van der Waals surface area contributed by atoms with Crippen molar-refractivity contribution in [1.29, 1.82) is 5.53 Å². The normalized spacial score (nSPS) is 18.0. The Labute approximate surface area is 263 Å². The average Bonchev–Trinajstić information content (AvgIpc) is 3.05. The van der Waals surface area contributed by atoms with Crippen LogP contribution >= 0.6 is 0 Å². The number of nitrogens with zero attached hydrogens (tertiary/aromatic N) is 6. The van der Waals surface area contributed by atoms with Crippen LogP contribution in [0.1, 0.15) is 44.1 Å². The monoisotopic (exact) mass is 616 g/mol. The van der Waals surface area contributed by atoms with Gasteiger partial charge in [0.15, 0.2) is 0 Å². The molecule has 5 rings (SSSR count). The number of hydrogen-bond acceptors (Lipinski definition) is 9. The maximum Gasteiger partial charge on any atom is 0.261 e. The van der Waals surface area contributed by atoms with Gasteiger partial charge in [-0.25, -0.2) is 10.5 Å². The van der Waals surface area contributed by atoms with E-state index >= 15 is 0 Å². The van der Waals surface area contributed by atoms with Gasteiger partial charge in [0.1, 0.15) is 0 Å². The summed E-state index contributed by atoms with van der Waals surface area (Å²) < 4.78 is 1.44. The van der Waals surface area contributed by atoms with Crippen LogP contribution in [0.4, 0.5) is 5.69 Å². The van der Waals surface area contributed by atoms with Gasteiger partial charge in [0.2, 0.25) is 11.8 Å². The van der Waals surface area contributed by atoms with Crippen molar-refractivity contribution in [3.8, 4) is 0 Å². The third-order valence-electron chi connectivity index (χ3n) is 9.12. The van der Waals surface area contributed by atoms with Crippen molar-refractivity contribution in [2.45, 2.75) is 50.7 Å². The van der Waals surface area contributed by atoms with Crippen molar-refractivity contribution in [2.75, 3.05) is 64.2 Å². The molecule has 1 aromatic heterocycles. The Kier molecular flexibility index (Phi) is 10.7. The molecule has 12 heteroatoms. The number of benzene rings is 2. The van der Waals surface area contributed by atoms with E-state index in [1.807, 2.05) is 35.2 Å². The molecule has 0 aliphatic carbocycles. The summed E-state index contributed by atoms with van der Waals surface area (Å²) in [4.78, 5) is 49.7. The molecule has 3 heterocycles. The molecule has 0 unspecified atom stereocenters. The highest BCUT2D eigenvalue weighted by Crippen LogP contribution is 2.27. The zero-order chi connectivity index (χ0) is 31.8. The van der Waals surface area contributed by atoms with Crippen LogP contribution in [0.3, 0.4) is 0 Å². The molecule has 2 aliphatic rings. The zero-order valence-corrected chi connectivity index (χ0v) is 26.0. The lowest BCUT2D eigenvalue weighted by Crippen LogP contribution is -2.49. The number of carbonyl (C=O) groups excluding carboxylic acids is 2. The van der Waals surface area contributed by atoms with E-state index in [9.17, 15) is 19.5 Å². The lowest BCUT2D eigenvalue weighted by Gasteiger charge is -2.38.